The highest BCUT2D eigenvalue weighted by Crippen LogP contribution is 2.42. The van der Waals surface area contributed by atoms with Gasteiger partial charge < -0.3 is 24.4 Å². The quantitative estimate of drug-likeness (QED) is 0.0707. The normalized spacial score (nSPS) is 14.5. The van der Waals surface area contributed by atoms with Crippen molar-refractivity contribution < 1.29 is 33.4 Å². The number of hydrazone groups is 1. The number of rotatable bonds is 16. The van der Waals surface area contributed by atoms with E-state index >= 15 is 0 Å². The van der Waals surface area contributed by atoms with Gasteiger partial charge >= 0.3 is 11.9 Å². The molecule has 2 atom stereocenters. The van der Waals surface area contributed by atoms with Crippen molar-refractivity contribution >= 4 is 98.6 Å². The number of hydrogen-bond acceptors (Lipinski definition) is 15. The number of ether oxygens (including phenoxy) is 3. The molecular weight excluding hydrogens is 1090 g/mol. The molecule has 406 valence electrons. The van der Waals surface area contributed by atoms with E-state index in [2.05, 4.69) is 36.1 Å². The Labute approximate surface area is 474 Å². The van der Waals surface area contributed by atoms with Crippen LogP contribution in [0.4, 0.5) is 11.4 Å². The number of nitrogens with zero attached hydrogens (tertiary/aromatic N) is 10. The van der Waals surface area contributed by atoms with Crippen molar-refractivity contribution in [3.63, 3.8) is 0 Å². The number of esters is 2. The van der Waals surface area contributed by atoms with Gasteiger partial charge in [0, 0.05) is 30.3 Å². The fourth-order valence-corrected chi connectivity index (χ4v) is 10.6. The van der Waals surface area contributed by atoms with Crippen LogP contribution in [-0.4, -0.2) is 100 Å². The number of carbonyl (C=O) groups is 4. The first-order chi connectivity index (χ1) is 38.1. The molecule has 1 saturated heterocycles. The van der Waals surface area contributed by atoms with Gasteiger partial charge in [0.1, 0.15) is 28.5 Å². The zero-order chi connectivity index (χ0) is 55.7. The second kappa shape index (κ2) is 25.3. The first-order valence-corrected chi connectivity index (χ1v) is 27.5. The first kappa shape index (κ1) is 55.9. The highest BCUT2D eigenvalue weighted by atomic mass is 35.5. The number of anilines is 2. The number of nitrogens with one attached hydrogen (secondary N) is 1. The number of likely N-dealkylation sites (tertiary alicyclic amines) is 1. The topological polar surface area (TPSA) is 201 Å². The molecule has 1 N–H and O–H groups in total. The standard InChI is InChI=1S/C32H32Cl2N8O3S.C25H22ClN3O4/c1-4-25(45-26-13-12-19(2)16-20(26)3)30(43)35-21-17-23(33)27(24(34)18-21)42-31(44)28(29(37-42)40-14-8-9-15-40)46-32-36-38-39-41(32)22-10-6-5-7-11-22;1-16(2)32-24(30)18-8-10-21(26)17(14-18)12-13-29-23-15-19(9-11-22(23)27-28-29)25(31)33-20-6-4-3-5-7-20/h5-7,10-13,16-18,25,28H,4,8-9,14-15H2,1-3H3,(H,35,43);3-11,14-16H,12-13H2,1-2H3. The maximum atomic E-state index is 14.0. The molecule has 2 unspecified atom stereocenters. The van der Waals surface area contributed by atoms with Crippen molar-refractivity contribution in [3.05, 3.63) is 170 Å². The van der Waals surface area contributed by atoms with Gasteiger partial charge in [-0.1, -0.05) is 113 Å². The summed E-state index contributed by atoms with van der Waals surface area (Å²) in [6.07, 6.45) is 2.00. The third kappa shape index (κ3) is 13.4. The Bertz CT molecular complexity index is 3530. The molecule has 2 aliphatic heterocycles. The van der Waals surface area contributed by atoms with Crippen molar-refractivity contribution in [1.82, 2.24) is 40.1 Å². The summed E-state index contributed by atoms with van der Waals surface area (Å²) in [5, 5.41) is 30.0. The van der Waals surface area contributed by atoms with E-state index < -0.39 is 23.3 Å². The van der Waals surface area contributed by atoms with Gasteiger partial charge in [-0.15, -0.1) is 15.3 Å². The van der Waals surface area contributed by atoms with Crippen LogP contribution in [-0.2, 0) is 27.3 Å². The maximum Gasteiger partial charge on any atom is 0.343 e. The number of benzene rings is 6. The highest BCUT2D eigenvalue weighted by molar-refractivity contribution is 8.01. The number of para-hydroxylation sites is 2. The summed E-state index contributed by atoms with van der Waals surface area (Å²) in [5.74, 6) is 0.174. The minimum Gasteiger partial charge on any atom is -0.480 e. The summed E-state index contributed by atoms with van der Waals surface area (Å²) in [5.41, 5.74) is 6.40. The number of amidine groups is 1. The molecular formula is C57H54Cl3N11O7S. The van der Waals surface area contributed by atoms with Crippen molar-refractivity contribution in [2.75, 3.05) is 23.4 Å². The SMILES string of the molecule is CC(C)OC(=O)c1ccc(Cl)c(CCn2nnc3ccc(C(=O)Oc4ccccc4)cc32)c1.CCC(Oc1ccc(C)cc1C)C(=O)Nc1cc(Cl)c(N2N=C(N3CCCC3)C(Sc3nnnn3-c3ccccc3)C2=O)c(Cl)c1. The van der Waals surface area contributed by atoms with Crippen LogP contribution in [0.3, 0.4) is 0 Å². The van der Waals surface area contributed by atoms with Crippen LogP contribution >= 0.6 is 46.6 Å². The summed E-state index contributed by atoms with van der Waals surface area (Å²) in [6, 6.07) is 37.4. The van der Waals surface area contributed by atoms with Gasteiger partial charge in [0.2, 0.25) is 5.16 Å². The average molecular weight is 1140 g/mol. The summed E-state index contributed by atoms with van der Waals surface area (Å²) >= 11 is 21.1. The van der Waals surface area contributed by atoms with Crippen molar-refractivity contribution in [2.45, 2.75) is 89.5 Å². The van der Waals surface area contributed by atoms with Gasteiger partial charge in [-0.05, 0) is 154 Å². The van der Waals surface area contributed by atoms with Gasteiger partial charge in [0.25, 0.3) is 11.8 Å². The Hall–Kier alpha value is -7.84. The van der Waals surface area contributed by atoms with E-state index in [1.807, 2.05) is 75.4 Å². The van der Waals surface area contributed by atoms with Gasteiger partial charge in [0.15, 0.2) is 11.4 Å². The Morgan fingerprint density at radius 2 is 1.48 bits per heavy atom. The molecule has 22 heteroatoms. The third-order valence-electron chi connectivity index (χ3n) is 12.6. The molecule has 1 fully saturated rings. The monoisotopic (exact) mass is 1140 g/mol. The number of halogens is 3. The Kier molecular flexibility index (Phi) is 17.9. The first-order valence-electron chi connectivity index (χ1n) is 25.5. The number of amides is 2. The molecule has 0 spiro atoms. The van der Waals surface area contributed by atoms with Crippen LogP contribution in [0.2, 0.25) is 15.1 Å². The Balaban J connectivity index is 0.000000203. The lowest BCUT2D eigenvalue weighted by molar-refractivity contribution is -0.122. The molecule has 8 aromatic rings. The highest BCUT2D eigenvalue weighted by Gasteiger charge is 2.43. The summed E-state index contributed by atoms with van der Waals surface area (Å²) < 4.78 is 20.0. The minimum atomic E-state index is -0.739. The number of tetrazole rings is 1. The second-order valence-corrected chi connectivity index (χ2v) is 21.1. The van der Waals surface area contributed by atoms with Crippen LogP contribution in [0.15, 0.2) is 138 Å². The molecule has 18 nitrogen and oxygen atoms in total. The predicted molar refractivity (Wildman–Crippen MR) is 305 cm³/mol. The third-order valence-corrected chi connectivity index (χ3v) is 14.7. The van der Waals surface area contributed by atoms with Crippen molar-refractivity contribution in [2.24, 2.45) is 5.10 Å². The minimum absolute atomic E-state index is 0.156. The lowest BCUT2D eigenvalue weighted by Crippen LogP contribution is -2.37. The molecule has 6 aromatic carbocycles. The van der Waals surface area contributed by atoms with E-state index in [0.29, 0.717) is 74.7 Å². The number of carbonyl (C=O) groups excluding carboxylic acids is 4. The van der Waals surface area contributed by atoms with E-state index in [0.717, 1.165) is 48.3 Å². The number of thioether (sulfide) groups is 1. The maximum absolute atomic E-state index is 14.0. The van der Waals surface area contributed by atoms with Crippen molar-refractivity contribution in [3.8, 4) is 17.2 Å². The van der Waals surface area contributed by atoms with Crippen LogP contribution < -0.4 is 19.8 Å². The van der Waals surface area contributed by atoms with Crippen LogP contribution in [0.1, 0.15) is 77.4 Å². The number of fused-ring (bicyclic) bond motifs is 1. The van der Waals surface area contributed by atoms with Gasteiger partial charge in [-0.25, -0.2) is 14.3 Å². The van der Waals surface area contributed by atoms with Crippen LogP contribution in [0, 0.1) is 13.8 Å². The largest absolute Gasteiger partial charge is 0.480 e. The molecule has 4 heterocycles. The summed E-state index contributed by atoms with van der Waals surface area (Å²) in [4.78, 5) is 54.1. The van der Waals surface area contributed by atoms with E-state index in [1.165, 1.54) is 16.8 Å². The fraction of sp³-hybridized carbons (Fsp3) is 0.263. The number of aromatic nitrogens is 7. The Morgan fingerprint density at radius 1 is 0.785 bits per heavy atom. The van der Waals surface area contributed by atoms with E-state index in [1.54, 1.807) is 96.0 Å². The van der Waals surface area contributed by atoms with E-state index in [4.69, 9.17) is 54.1 Å². The second-order valence-electron chi connectivity index (χ2n) is 18.8. The Morgan fingerprint density at radius 3 is 2.18 bits per heavy atom. The van der Waals surface area contributed by atoms with Gasteiger partial charge in [-0.2, -0.15) is 9.69 Å². The molecule has 2 aromatic heterocycles. The van der Waals surface area contributed by atoms with E-state index in [-0.39, 0.29) is 33.7 Å². The number of aryl methyl sites for hydroxylation is 4. The zero-order valence-electron chi connectivity index (χ0n) is 43.7. The van der Waals surface area contributed by atoms with Gasteiger partial charge in [-0.3, -0.25) is 9.59 Å². The zero-order valence-corrected chi connectivity index (χ0v) is 46.8. The molecule has 2 amide bonds. The van der Waals surface area contributed by atoms with Crippen LogP contribution in [0.5, 0.6) is 11.5 Å². The fourth-order valence-electron chi connectivity index (χ4n) is 8.74. The molecule has 79 heavy (non-hydrogen) atoms. The van der Waals surface area contributed by atoms with E-state index in [9.17, 15) is 19.2 Å². The lowest BCUT2D eigenvalue weighted by atomic mass is 10.1. The average Bonchev–Trinajstić information content (AvgIpc) is 4.42. The lowest BCUT2D eigenvalue weighted by Gasteiger charge is -2.20. The molecule has 10 rings (SSSR count). The molecule has 0 saturated carbocycles. The molecule has 0 bridgehead atoms. The number of hydrogen-bond donors (Lipinski definition) is 1. The molecule has 0 aliphatic carbocycles. The smallest absolute Gasteiger partial charge is 0.343 e. The van der Waals surface area contributed by atoms with Crippen LogP contribution in [0.25, 0.3) is 16.7 Å². The molecule has 0 radical (unpaired) electrons. The predicted octanol–water partition coefficient (Wildman–Crippen LogP) is 11.4. The summed E-state index contributed by atoms with van der Waals surface area (Å²) in [7, 11) is 0. The summed E-state index contributed by atoms with van der Waals surface area (Å²) in [6.45, 7) is 11.4. The van der Waals surface area contributed by atoms with Gasteiger partial charge in [0.05, 0.1) is 38.5 Å². The van der Waals surface area contributed by atoms with Crippen molar-refractivity contribution in [1.29, 1.82) is 0 Å². The molecule has 2 aliphatic rings.